The molecule has 0 bridgehead atoms. The van der Waals surface area contributed by atoms with Gasteiger partial charge in [0.2, 0.25) is 5.91 Å². The first-order valence-electron chi connectivity index (χ1n) is 4.94. The van der Waals surface area contributed by atoms with E-state index in [1.54, 1.807) is 6.08 Å². The Balaban J connectivity index is 2.57. The van der Waals surface area contributed by atoms with E-state index in [4.69, 9.17) is 0 Å². The molecule has 0 saturated heterocycles. The van der Waals surface area contributed by atoms with Crippen molar-refractivity contribution < 1.29 is 4.79 Å². The molecule has 0 fully saturated rings. The Labute approximate surface area is 104 Å². The van der Waals surface area contributed by atoms with E-state index in [2.05, 4.69) is 27.8 Å². The molecule has 0 atom stereocenters. The zero-order valence-corrected chi connectivity index (χ0v) is 10.8. The lowest BCUT2D eigenvalue weighted by atomic mass is 10.2. The van der Waals surface area contributed by atoms with Gasteiger partial charge in [-0.2, -0.15) is 0 Å². The molecular formula is C13H14BrNO. The molecule has 0 unspecified atom stereocenters. The molecule has 1 amide bonds. The van der Waals surface area contributed by atoms with Crippen LogP contribution in [0.15, 0.2) is 47.0 Å². The fraction of sp³-hybridized carbons (Fsp3) is 0.154. The topological polar surface area (TPSA) is 29.1 Å². The minimum atomic E-state index is -0.112. The minimum Gasteiger partial charge on any atom is -0.349 e. The highest BCUT2D eigenvalue weighted by atomic mass is 79.9. The fourth-order valence-corrected chi connectivity index (χ4v) is 1.49. The number of nitrogens with one attached hydrogen (secondary N) is 1. The summed E-state index contributed by atoms with van der Waals surface area (Å²) in [4.78, 5) is 11.4. The molecule has 0 aliphatic rings. The average Bonchev–Trinajstić information content (AvgIpc) is 2.25. The smallest absolute Gasteiger partial charge is 0.244 e. The van der Waals surface area contributed by atoms with Crippen LogP contribution in [0, 0.1) is 0 Å². The molecule has 3 heteroatoms. The fourth-order valence-electron chi connectivity index (χ4n) is 1.07. The van der Waals surface area contributed by atoms with Crippen molar-refractivity contribution in [3.8, 4) is 0 Å². The summed E-state index contributed by atoms with van der Waals surface area (Å²) in [5.74, 6) is -0.112. The Bertz CT molecular complexity index is 424. The van der Waals surface area contributed by atoms with Gasteiger partial charge in [-0.3, -0.25) is 4.79 Å². The molecule has 0 heterocycles. The summed E-state index contributed by atoms with van der Waals surface area (Å²) in [7, 11) is 0. The van der Waals surface area contributed by atoms with Gasteiger partial charge in [0.15, 0.2) is 0 Å². The van der Waals surface area contributed by atoms with E-state index >= 15 is 0 Å². The van der Waals surface area contributed by atoms with Gasteiger partial charge in [-0.05, 0) is 24.6 Å². The summed E-state index contributed by atoms with van der Waals surface area (Å²) in [6, 6.07) is 7.73. The lowest BCUT2D eigenvalue weighted by Crippen LogP contribution is -2.22. The van der Waals surface area contributed by atoms with Gasteiger partial charge in [-0.25, -0.2) is 0 Å². The van der Waals surface area contributed by atoms with Crippen LogP contribution in [0.2, 0.25) is 0 Å². The maximum atomic E-state index is 11.4. The van der Waals surface area contributed by atoms with E-state index in [9.17, 15) is 4.79 Å². The van der Waals surface area contributed by atoms with Crippen LogP contribution < -0.4 is 5.32 Å². The highest BCUT2D eigenvalue weighted by Gasteiger charge is 1.96. The van der Waals surface area contributed by atoms with Gasteiger partial charge in [-0.1, -0.05) is 46.3 Å². The second-order valence-corrected chi connectivity index (χ2v) is 4.38. The lowest BCUT2D eigenvalue weighted by Gasteiger charge is -2.00. The molecule has 0 aliphatic heterocycles. The SMILES string of the molecule is C=C(C)CNC(=O)/C=C/c1ccccc1Br. The standard InChI is InChI=1S/C13H14BrNO/c1-10(2)9-15-13(16)8-7-11-5-3-4-6-12(11)14/h3-8H,1,9H2,2H3,(H,15,16)/b8-7+. The van der Waals surface area contributed by atoms with E-state index in [0.717, 1.165) is 15.6 Å². The van der Waals surface area contributed by atoms with E-state index in [0.29, 0.717) is 6.54 Å². The Kier molecular flexibility index (Phi) is 4.99. The van der Waals surface area contributed by atoms with Crippen LogP contribution >= 0.6 is 15.9 Å². The molecule has 1 aromatic carbocycles. The van der Waals surface area contributed by atoms with Crippen molar-refractivity contribution in [2.45, 2.75) is 6.92 Å². The summed E-state index contributed by atoms with van der Waals surface area (Å²) in [5, 5.41) is 2.73. The number of carbonyl (C=O) groups is 1. The van der Waals surface area contributed by atoms with Crippen LogP contribution in [0.25, 0.3) is 6.08 Å². The zero-order chi connectivity index (χ0) is 12.0. The predicted molar refractivity (Wildman–Crippen MR) is 71.0 cm³/mol. The third kappa shape index (κ3) is 4.45. The Hall–Kier alpha value is -1.35. The summed E-state index contributed by atoms with van der Waals surface area (Å²) in [6.45, 7) is 6.10. The molecule has 0 aliphatic carbocycles. The predicted octanol–water partition coefficient (Wildman–Crippen LogP) is 3.15. The monoisotopic (exact) mass is 279 g/mol. The highest BCUT2D eigenvalue weighted by Crippen LogP contribution is 2.16. The number of carbonyl (C=O) groups excluding carboxylic acids is 1. The van der Waals surface area contributed by atoms with Crippen LogP contribution in [0.4, 0.5) is 0 Å². The van der Waals surface area contributed by atoms with Crippen molar-refractivity contribution in [3.63, 3.8) is 0 Å². The summed E-state index contributed by atoms with van der Waals surface area (Å²) >= 11 is 3.41. The summed E-state index contributed by atoms with van der Waals surface area (Å²) < 4.78 is 0.971. The maximum absolute atomic E-state index is 11.4. The van der Waals surface area contributed by atoms with Crippen LogP contribution in [0.1, 0.15) is 12.5 Å². The number of halogens is 1. The van der Waals surface area contributed by atoms with Crippen molar-refractivity contribution in [1.82, 2.24) is 5.32 Å². The first-order chi connectivity index (χ1) is 7.59. The summed E-state index contributed by atoms with van der Waals surface area (Å²) in [5.41, 5.74) is 1.91. The van der Waals surface area contributed by atoms with E-state index in [1.807, 2.05) is 31.2 Å². The van der Waals surface area contributed by atoms with Crippen LogP contribution in [0.3, 0.4) is 0 Å². The van der Waals surface area contributed by atoms with Gasteiger partial charge >= 0.3 is 0 Å². The minimum absolute atomic E-state index is 0.112. The van der Waals surface area contributed by atoms with E-state index < -0.39 is 0 Å². The van der Waals surface area contributed by atoms with Crippen molar-refractivity contribution in [2.24, 2.45) is 0 Å². The molecule has 0 aromatic heterocycles. The number of hydrogen-bond donors (Lipinski definition) is 1. The molecule has 1 N–H and O–H groups in total. The second-order valence-electron chi connectivity index (χ2n) is 3.53. The van der Waals surface area contributed by atoms with Crippen LogP contribution in [0.5, 0.6) is 0 Å². The van der Waals surface area contributed by atoms with Crippen molar-refractivity contribution in [1.29, 1.82) is 0 Å². The third-order valence-electron chi connectivity index (χ3n) is 1.88. The molecule has 84 valence electrons. The van der Waals surface area contributed by atoms with Gasteiger partial charge in [0.1, 0.15) is 0 Å². The van der Waals surface area contributed by atoms with Gasteiger partial charge in [0, 0.05) is 17.1 Å². The number of rotatable bonds is 4. The molecule has 2 nitrogen and oxygen atoms in total. The van der Waals surface area contributed by atoms with Gasteiger partial charge in [0.05, 0.1) is 0 Å². The highest BCUT2D eigenvalue weighted by molar-refractivity contribution is 9.10. The average molecular weight is 280 g/mol. The molecular weight excluding hydrogens is 266 g/mol. The first kappa shape index (κ1) is 12.7. The lowest BCUT2D eigenvalue weighted by molar-refractivity contribution is -0.116. The van der Waals surface area contributed by atoms with E-state index in [1.165, 1.54) is 6.08 Å². The quantitative estimate of drug-likeness (QED) is 0.666. The van der Waals surface area contributed by atoms with Crippen LogP contribution in [-0.4, -0.2) is 12.5 Å². The van der Waals surface area contributed by atoms with E-state index in [-0.39, 0.29) is 5.91 Å². The maximum Gasteiger partial charge on any atom is 0.244 e. The molecule has 0 radical (unpaired) electrons. The normalized spacial score (nSPS) is 10.4. The van der Waals surface area contributed by atoms with Crippen molar-refractivity contribution in [2.75, 3.05) is 6.54 Å². The molecule has 1 rings (SSSR count). The van der Waals surface area contributed by atoms with Gasteiger partial charge < -0.3 is 5.32 Å². The number of amides is 1. The molecule has 1 aromatic rings. The van der Waals surface area contributed by atoms with Gasteiger partial charge in [0.25, 0.3) is 0 Å². The molecule has 16 heavy (non-hydrogen) atoms. The zero-order valence-electron chi connectivity index (χ0n) is 9.16. The Morgan fingerprint density at radius 1 is 1.50 bits per heavy atom. The van der Waals surface area contributed by atoms with Gasteiger partial charge in [-0.15, -0.1) is 0 Å². The third-order valence-corrected chi connectivity index (χ3v) is 2.61. The van der Waals surface area contributed by atoms with Crippen molar-refractivity contribution in [3.05, 3.63) is 52.5 Å². The van der Waals surface area contributed by atoms with Crippen LogP contribution in [-0.2, 0) is 4.79 Å². The first-order valence-corrected chi connectivity index (χ1v) is 5.73. The summed E-state index contributed by atoms with van der Waals surface area (Å²) in [6.07, 6.45) is 3.29. The second kappa shape index (κ2) is 6.28. The Morgan fingerprint density at radius 2 is 2.19 bits per heavy atom. The largest absolute Gasteiger partial charge is 0.349 e. The number of benzene rings is 1. The molecule has 0 spiro atoms. The van der Waals surface area contributed by atoms with Crippen molar-refractivity contribution >= 4 is 27.9 Å². The molecule has 0 saturated carbocycles. The Morgan fingerprint density at radius 3 is 2.81 bits per heavy atom. The number of hydrogen-bond acceptors (Lipinski definition) is 1.